The van der Waals surface area contributed by atoms with Gasteiger partial charge in [-0.05, 0) is 56.3 Å². The van der Waals surface area contributed by atoms with Crippen molar-refractivity contribution < 1.29 is 23.8 Å². The van der Waals surface area contributed by atoms with E-state index in [2.05, 4.69) is 10.3 Å². The van der Waals surface area contributed by atoms with Gasteiger partial charge in [0.15, 0.2) is 12.3 Å². The van der Waals surface area contributed by atoms with Crippen molar-refractivity contribution in [1.29, 1.82) is 0 Å². The Morgan fingerprint density at radius 3 is 2.47 bits per heavy atom. The number of carbonyl (C=O) groups is 2. The second kappa shape index (κ2) is 9.93. The van der Waals surface area contributed by atoms with E-state index in [1.807, 2.05) is 6.92 Å². The predicted molar refractivity (Wildman–Crippen MR) is 114 cm³/mol. The molecular formula is C22H21ClN2O5. The van der Waals surface area contributed by atoms with Crippen LogP contribution in [-0.2, 0) is 9.53 Å². The van der Waals surface area contributed by atoms with Crippen molar-refractivity contribution in [2.45, 2.75) is 13.8 Å². The minimum Gasteiger partial charge on any atom is -0.494 e. The molecule has 0 spiro atoms. The zero-order chi connectivity index (χ0) is 21.5. The lowest BCUT2D eigenvalue weighted by molar-refractivity contribution is -0.118. The highest BCUT2D eigenvalue weighted by molar-refractivity contribution is 6.31. The summed E-state index contributed by atoms with van der Waals surface area (Å²) in [5.41, 5.74) is 1.21. The van der Waals surface area contributed by atoms with Crippen LogP contribution in [0.25, 0.3) is 10.9 Å². The Hall–Kier alpha value is -3.32. The number of pyridine rings is 1. The number of nitrogens with zero attached hydrogens (tertiary/aromatic N) is 1. The number of ether oxygens (including phenoxy) is 3. The average Bonchev–Trinajstić information content (AvgIpc) is 2.73. The number of halogens is 1. The third-order valence-corrected chi connectivity index (χ3v) is 4.26. The molecule has 1 heterocycles. The molecular weight excluding hydrogens is 408 g/mol. The number of nitrogens with one attached hydrogen (secondary N) is 1. The normalized spacial score (nSPS) is 10.5. The number of hydrogen-bond donors (Lipinski definition) is 1. The topological polar surface area (TPSA) is 86.8 Å². The minimum atomic E-state index is -0.571. The molecule has 0 aliphatic carbocycles. The summed E-state index contributed by atoms with van der Waals surface area (Å²) >= 11 is 6.08. The van der Waals surface area contributed by atoms with Gasteiger partial charge in [-0.1, -0.05) is 11.6 Å². The quantitative estimate of drug-likeness (QED) is 0.532. The van der Waals surface area contributed by atoms with E-state index in [1.165, 1.54) is 6.07 Å². The van der Waals surface area contributed by atoms with Crippen LogP contribution >= 0.6 is 11.6 Å². The number of aromatic nitrogens is 1. The van der Waals surface area contributed by atoms with Crippen LogP contribution in [0.5, 0.6) is 11.5 Å². The molecule has 30 heavy (non-hydrogen) atoms. The molecule has 0 unspecified atom stereocenters. The van der Waals surface area contributed by atoms with Gasteiger partial charge in [0.2, 0.25) is 0 Å². The van der Waals surface area contributed by atoms with E-state index >= 15 is 0 Å². The molecule has 0 fully saturated rings. The molecule has 0 saturated heterocycles. The molecule has 0 aliphatic heterocycles. The van der Waals surface area contributed by atoms with E-state index in [0.717, 1.165) is 5.75 Å². The fraction of sp³-hybridized carbons (Fsp3) is 0.227. The Morgan fingerprint density at radius 2 is 1.77 bits per heavy atom. The van der Waals surface area contributed by atoms with Crippen molar-refractivity contribution >= 4 is 40.1 Å². The Balaban J connectivity index is 1.75. The van der Waals surface area contributed by atoms with Crippen LogP contribution < -0.4 is 14.8 Å². The lowest BCUT2D eigenvalue weighted by Crippen LogP contribution is -2.20. The Bertz CT molecular complexity index is 1050. The largest absolute Gasteiger partial charge is 0.494 e. The first-order valence-electron chi connectivity index (χ1n) is 9.43. The molecule has 0 bridgehead atoms. The van der Waals surface area contributed by atoms with Crippen molar-refractivity contribution in [3.05, 3.63) is 59.2 Å². The molecule has 3 aromatic rings. The number of benzene rings is 2. The zero-order valence-corrected chi connectivity index (χ0v) is 17.4. The molecule has 0 aliphatic rings. The lowest BCUT2D eigenvalue weighted by atomic mass is 10.2. The summed E-state index contributed by atoms with van der Waals surface area (Å²) in [5.74, 6) is 0.104. The van der Waals surface area contributed by atoms with Gasteiger partial charge in [0.05, 0.1) is 18.7 Å². The first-order valence-corrected chi connectivity index (χ1v) is 9.81. The second-order valence-electron chi connectivity index (χ2n) is 6.18. The number of rotatable bonds is 8. The van der Waals surface area contributed by atoms with Gasteiger partial charge in [0, 0.05) is 22.2 Å². The molecule has 7 nitrogen and oxygen atoms in total. The van der Waals surface area contributed by atoms with Gasteiger partial charge >= 0.3 is 5.97 Å². The summed E-state index contributed by atoms with van der Waals surface area (Å²) in [7, 11) is 0. The maximum atomic E-state index is 12.3. The molecule has 3 rings (SSSR count). The molecule has 156 valence electrons. The van der Waals surface area contributed by atoms with Gasteiger partial charge < -0.3 is 19.5 Å². The van der Waals surface area contributed by atoms with E-state index in [4.69, 9.17) is 25.8 Å². The highest BCUT2D eigenvalue weighted by Gasteiger charge is 2.15. The number of hydrogen-bond acceptors (Lipinski definition) is 6. The van der Waals surface area contributed by atoms with Crippen LogP contribution in [0.3, 0.4) is 0 Å². The highest BCUT2D eigenvalue weighted by atomic mass is 35.5. The summed E-state index contributed by atoms with van der Waals surface area (Å²) in [6, 6.07) is 13.5. The molecule has 8 heteroatoms. The molecule has 0 atom stereocenters. The molecule has 0 radical (unpaired) electrons. The van der Waals surface area contributed by atoms with Gasteiger partial charge in [-0.3, -0.25) is 4.79 Å². The smallest absolute Gasteiger partial charge is 0.357 e. The molecule has 1 N–H and O–H groups in total. The van der Waals surface area contributed by atoms with E-state index in [9.17, 15) is 9.59 Å². The second-order valence-corrected chi connectivity index (χ2v) is 6.62. The van der Waals surface area contributed by atoms with Crippen LogP contribution in [0, 0.1) is 0 Å². The van der Waals surface area contributed by atoms with Gasteiger partial charge in [0.25, 0.3) is 5.91 Å². The SMILES string of the molecule is CCOC(=O)c1cc(OCC(=O)Nc2ccc(OCC)cc2)c2cc(Cl)ccc2n1. The van der Waals surface area contributed by atoms with Gasteiger partial charge in [-0.15, -0.1) is 0 Å². The van der Waals surface area contributed by atoms with Crippen LogP contribution in [0.1, 0.15) is 24.3 Å². The molecule has 2 aromatic carbocycles. The Labute approximate surface area is 178 Å². The van der Waals surface area contributed by atoms with Crippen molar-refractivity contribution in [2.24, 2.45) is 0 Å². The van der Waals surface area contributed by atoms with Gasteiger partial charge in [-0.25, -0.2) is 9.78 Å². The van der Waals surface area contributed by atoms with Crippen LogP contribution in [0.2, 0.25) is 5.02 Å². The number of anilines is 1. The summed E-state index contributed by atoms with van der Waals surface area (Å²) in [5, 5.41) is 3.82. The number of fused-ring (bicyclic) bond motifs is 1. The van der Waals surface area contributed by atoms with Crippen molar-refractivity contribution in [3.63, 3.8) is 0 Å². The summed E-state index contributed by atoms with van der Waals surface area (Å²) in [6.07, 6.45) is 0. The number of amides is 1. The predicted octanol–water partition coefficient (Wildman–Crippen LogP) is 4.48. The Kier molecular flexibility index (Phi) is 7.08. The van der Waals surface area contributed by atoms with Crippen LogP contribution in [0.4, 0.5) is 5.69 Å². The fourth-order valence-corrected chi connectivity index (χ4v) is 2.91. The lowest BCUT2D eigenvalue weighted by Gasteiger charge is -2.12. The van der Waals surface area contributed by atoms with E-state index < -0.39 is 5.97 Å². The zero-order valence-electron chi connectivity index (χ0n) is 16.6. The Morgan fingerprint density at radius 1 is 1.00 bits per heavy atom. The summed E-state index contributed by atoms with van der Waals surface area (Å²) in [6.45, 7) is 4.13. The number of carbonyl (C=O) groups excluding carboxylic acids is 2. The maximum Gasteiger partial charge on any atom is 0.357 e. The maximum absolute atomic E-state index is 12.3. The highest BCUT2D eigenvalue weighted by Crippen LogP contribution is 2.28. The fourth-order valence-electron chi connectivity index (χ4n) is 2.74. The monoisotopic (exact) mass is 428 g/mol. The van der Waals surface area contributed by atoms with Crippen molar-refractivity contribution in [2.75, 3.05) is 25.1 Å². The standard InChI is InChI=1S/C22H21ClN2O5/c1-3-28-16-8-6-15(7-9-16)24-21(26)13-30-20-12-19(22(27)29-4-2)25-18-10-5-14(23)11-17(18)20/h5-12H,3-4,13H2,1-2H3,(H,24,26). The van der Waals surface area contributed by atoms with Crippen LogP contribution in [-0.4, -0.2) is 36.7 Å². The van der Waals surface area contributed by atoms with E-state index in [1.54, 1.807) is 49.4 Å². The van der Waals surface area contributed by atoms with Gasteiger partial charge in [0.1, 0.15) is 11.5 Å². The summed E-state index contributed by atoms with van der Waals surface area (Å²) < 4.78 is 16.1. The number of esters is 1. The first-order chi connectivity index (χ1) is 14.5. The van der Waals surface area contributed by atoms with Crippen LogP contribution in [0.15, 0.2) is 48.5 Å². The first kappa shape index (κ1) is 21.4. The van der Waals surface area contributed by atoms with Crippen molar-refractivity contribution in [1.82, 2.24) is 4.98 Å². The molecule has 1 aromatic heterocycles. The molecule has 1 amide bonds. The summed E-state index contributed by atoms with van der Waals surface area (Å²) in [4.78, 5) is 28.7. The minimum absolute atomic E-state index is 0.0913. The van der Waals surface area contributed by atoms with E-state index in [0.29, 0.717) is 34.0 Å². The molecule has 0 saturated carbocycles. The average molecular weight is 429 g/mol. The van der Waals surface area contributed by atoms with Gasteiger partial charge in [-0.2, -0.15) is 0 Å². The third-order valence-electron chi connectivity index (χ3n) is 4.03. The third kappa shape index (κ3) is 5.39. The van der Waals surface area contributed by atoms with Crippen molar-refractivity contribution in [3.8, 4) is 11.5 Å². The van der Waals surface area contributed by atoms with E-state index in [-0.39, 0.29) is 24.8 Å².